The van der Waals surface area contributed by atoms with Crippen LogP contribution in [-0.4, -0.2) is 21.2 Å². The number of pyridine rings is 1. The first kappa shape index (κ1) is 16.8. The molecule has 0 aliphatic carbocycles. The Bertz CT molecular complexity index is 886. The summed E-state index contributed by atoms with van der Waals surface area (Å²) < 4.78 is 18.9. The molecule has 0 saturated heterocycles. The van der Waals surface area contributed by atoms with E-state index in [2.05, 4.69) is 25.8 Å². The molecule has 1 aromatic carbocycles. The first-order valence-corrected chi connectivity index (χ1v) is 8.14. The van der Waals surface area contributed by atoms with Crippen molar-refractivity contribution in [1.29, 1.82) is 0 Å². The molecule has 2 amide bonds. The molecule has 9 heteroatoms. The number of carbonyl (C=O) groups excluding carboxylic acids is 1. The molecule has 0 bridgehead atoms. The van der Waals surface area contributed by atoms with E-state index in [1.807, 2.05) is 0 Å². The summed E-state index contributed by atoms with van der Waals surface area (Å²) in [4.78, 5) is 16.0. The Kier molecular flexibility index (Phi) is 5.14. The number of aryl methyl sites for hydroxylation is 1. The van der Waals surface area contributed by atoms with Gasteiger partial charge in [-0.25, -0.2) is 14.2 Å². The van der Waals surface area contributed by atoms with Crippen LogP contribution >= 0.6 is 11.3 Å². The Balaban J connectivity index is 1.63. The minimum atomic E-state index is -0.420. The molecule has 0 saturated carbocycles. The van der Waals surface area contributed by atoms with Gasteiger partial charge in [-0.15, -0.1) is 10.2 Å². The van der Waals surface area contributed by atoms with Gasteiger partial charge in [0.05, 0.1) is 0 Å². The first-order chi connectivity index (χ1) is 12.1. The van der Waals surface area contributed by atoms with E-state index in [-0.39, 0.29) is 6.54 Å². The lowest BCUT2D eigenvalue weighted by Crippen LogP contribution is -2.28. The third kappa shape index (κ3) is 4.70. The molecule has 0 radical (unpaired) electrons. The largest absolute Gasteiger partial charge is 0.439 e. The molecule has 128 valence electrons. The van der Waals surface area contributed by atoms with Gasteiger partial charge in [-0.05, 0) is 25.1 Å². The second-order valence-corrected chi connectivity index (χ2v) is 6.14. The Labute approximate surface area is 146 Å². The summed E-state index contributed by atoms with van der Waals surface area (Å²) in [6.07, 6.45) is 1.56. The second kappa shape index (κ2) is 7.67. The van der Waals surface area contributed by atoms with Crippen molar-refractivity contribution in [3.63, 3.8) is 0 Å². The number of nitrogens with one attached hydrogen (secondary N) is 2. The summed E-state index contributed by atoms with van der Waals surface area (Å²) >= 11 is 1.28. The maximum atomic E-state index is 13.3. The van der Waals surface area contributed by atoms with Crippen LogP contribution in [0.25, 0.3) is 0 Å². The fourth-order valence-corrected chi connectivity index (χ4v) is 2.54. The molecule has 7 nitrogen and oxygen atoms in total. The lowest BCUT2D eigenvalue weighted by Gasteiger charge is -2.10. The second-order valence-electron chi connectivity index (χ2n) is 4.96. The highest BCUT2D eigenvalue weighted by Crippen LogP contribution is 2.23. The third-order valence-corrected chi connectivity index (χ3v) is 3.80. The van der Waals surface area contributed by atoms with Crippen LogP contribution in [0.3, 0.4) is 0 Å². The molecule has 0 unspecified atom stereocenters. The van der Waals surface area contributed by atoms with E-state index in [9.17, 15) is 9.18 Å². The maximum Gasteiger partial charge on any atom is 0.321 e. The Morgan fingerprint density at radius 3 is 2.92 bits per heavy atom. The molecular weight excluding hydrogens is 345 g/mol. The van der Waals surface area contributed by atoms with E-state index in [1.54, 1.807) is 37.4 Å². The van der Waals surface area contributed by atoms with E-state index in [0.29, 0.717) is 22.3 Å². The van der Waals surface area contributed by atoms with Crippen molar-refractivity contribution in [3.05, 3.63) is 59.0 Å². The number of hydrogen-bond acceptors (Lipinski definition) is 6. The van der Waals surface area contributed by atoms with Gasteiger partial charge in [-0.1, -0.05) is 23.5 Å². The molecular formula is C16H14FN5O2S. The summed E-state index contributed by atoms with van der Waals surface area (Å²) in [5, 5.41) is 14.1. The molecule has 0 spiro atoms. The van der Waals surface area contributed by atoms with E-state index in [1.165, 1.54) is 23.5 Å². The van der Waals surface area contributed by atoms with Crippen LogP contribution in [0.15, 0.2) is 42.6 Å². The highest BCUT2D eigenvalue weighted by Gasteiger charge is 2.10. The highest BCUT2D eigenvalue weighted by molar-refractivity contribution is 7.15. The number of hydrogen-bond donors (Lipinski definition) is 2. The van der Waals surface area contributed by atoms with Gasteiger partial charge in [0.15, 0.2) is 0 Å². The SMILES string of the molecule is Cc1nnc(NC(=O)NCc2cccnc2Oc2cccc(F)c2)s1. The van der Waals surface area contributed by atoms with Crippen LogP contribution in [0.5, 0.6) is 11.6 Å². The topological polar surface area (TPSA) is 89.0 Å². The Hall–Kier alpha value is -3.07. The van der Waals surface area contributed by atoms with Crippen molar-refractivity contribution in [2.24, 2.45) is 0 Å². The molecule has 0 aliphatic heterocycles. The van der Waals surface area contributed by atoms with Gasteiger partial charge in [0.1, 0.15) is 16.6 Å². The van der Waals surface area contributed by atoms with Gasteiger partial charge in [0, 0.05) is 24.4 Å². The number of anilines is 1. The zero-order chi connectivity index (χ0) is 17.6. The summed E-state index contributed by atoms with van der Waals surface area (Å²) in [7, 11) is 0. The van der Waals surface area contributed by atoms with Crippen molar-refractivity contribution in [2.75, 3.05) is 5.32 Å². The predicted molar refractivity (Wildman–Crippen MR) is 91.2 cm³/mol. The standard InChI is InChI=1S/C16H14FN5O2S/c1-10-21-22-16(25-10)20-15(23)19-9-11-4-3-7-18-14(11)24-13-6-2-5-12(17)8-13/h2-8H,9H2,1H3,(H2,19,20,22,23). The smallest absolute Gasteiger partial charge is 0.321 e. The number of carbonyl (C=O) groups is 1. The molecule has 3 rings (SSSR count). The summed E-state index contributed by atoms with van der Waals surface area (Å²) in [5.41, 5.74) is 0.648. The maximum absolute atomic E-state index is 13.3. The van der Waals surface area contributed by atoms with E-state index in [4.69, 9.17) is 4.74 Å². The van der Waals surface area contributed by atoms with Gasteiger partial charge in [-0.3, -0.25) is 5.32 Å². The number of halogens is 1. The predicted octanol–water partition coefficient (Wildman–Crippen LogP) is 3.49. The number of amides is 2. The Morgan fingerprint density at radius 2 is 2.16 bits per heavy atom. The van der Waals surface area contributed by atoms with E-state index < -0.39 is 11.8 Å². The summed E-state index contributed by atoms with van der Waals surface area (Å²) in [6, 6.07) is 8.82. The van der Waals surface area contributed by atoms with Crippen molar-refractivity contribution in [2.45, 2.75) is 13.5 Å². The lowest BCUT2D eigenvalue weighted by molar-refractivity contribution is 0.251. The van der Waals surface area contributed by atoms with Gasteiger partial charge in [0.25, 0.3) is 0 Å². The number of ether oxygens (including phenoxy) is 1. The minimum absolute atomic E-state index is 0.183. The number of nitrogens with zero attached hydrogens (tertiary/aromatic N) is 3. The van der Waals surface area contributed by atoms with Crippen LogP contribution in [-0.2, 0) is 6.54 Å². The van der Waals surface area contributed by atoms with Crippen molar-refractivity contribution in [1.82, 2.24) is 20.5 Å². The van der Waals surface area contributed by atoms with E-state index >= 15 is 0 Å². The molecule has 0 atom stereocenters. The van der Waals surface area contributed by atoms with Crippen molar-refractivity contribution >= 4 is 22.5 Å². The third-order valence-electron chi connectivity index (χ3n) is 3.05. The average molecular weight is 359 g/mol. The first-order valence-electron chi connectivity index (χ1n) is 7.32. The van der Waals surface area contributed by atoms with Crippen LogP contribution in [0, 0.1) is 12.7 Å². The highest BCUT2D eigenvalue weighted by atomic mass is 32.1. The molecule has 2 aromatic heterocycles. The van der Waals surface area contributed by atoms with Crippen molar-refractivity contribution < 1.29 is 13.9 Å². The number of urea groups is 1. The summed E-state index contributed by atoms with van der Waals surface area (Å²) in [6.45, 7) is 1.98. The number of rotatable bonds is 5. The molecule has 25 heavy (non-hydrogen) atoms. The van der Waals surface area contributed by atoms with Crippen LogP contribution in [0.2, 0.25) is 0 Å². The molecule has 0 fully saturated rings. The number of benzene rings is 1. The fourth-order valence-electron chi connectivity index (χ4n) is 1.96. The zero-order valence-electron chi connectivity index (χ0n) is 13.2. The monoisotopic (exact) mass is 359 g/mol. The quantitative estimate of drug-likeness (QED) is 0.728. The van der Waals surface area contributed by atoms with Gasteiger partial charge >= 0.3 is 6.03 Å². The average Bonchev–Trinajstić information content (AvgIpc) is 2.99. The van der Waals surface area contributed by atoms with Crippen molar-refractivity contribution in [3.8, 4) is 11.6 Å². The molecule has 2 heterocycles. The lowest BCUT2D eigenvalue weighted by atomic mass is 10.2. The number of aromatic nitrogens is 3. The van der Waals surface area contributed by atoms with Gasteiger partial charge in [0.2, 0.25) is 11.0 Å². The zero-order valence-corrected chi connectivity index (χ0v) is 14.0. The van der Waals surface area contributed by atoms with Crippen LogP contribution in [0.1, 0.15) is 10.6 Å². The van der Waals surface area contributed by atoms with Gasteiger partial charge < -0.3 is 10.1 Å². The van der Waals surface area contributed by atoms with Crippen LogP contribution in [0.4, 0.5) is 14.3 Å². The molecule has 3 aromatic rings. The normalized spacial score (nSPS) is 10.3. The fraction of sp³-hybridized carbons (Fsp3) is 0.125. The van der Waals surface area contributed by atoms with Crippen LogP contribution < -0.4 is 15.4 Å². The molecule has 2 N–H and O–H groups in total. The Morgan fingerprint density at radius 1 is 1.28 bits per heavy atom. The summed E-state index contributed by atoms with van der Waals surface area (Å²) in [5.74, 6) is 0.216. The minimum Gasteiger partial charge on any atom is -0.439 e. The van der Waals surface area contributed by atoms with Gasteiger partial charge in [-0.2, -0.15) is 0 Å². The van der Waals surface area contributed by atoms with E-state index in [0.717, 1.165) is 5.01 Å². The molecule has 0 aliphatic rings.